The van der Waals surface area contributed by atoms with Gasteiger partial charge in [0.2, 0.25) is 5.16 Å². The number of hydrogen-bond donors (Lipinski definition) is 0. The van der Waals surface area contributed by atoms with Gasteiger partial charge in [-0.2, -0.15) is 4.98 Å². The molecule has 0 radical (unpaired) electrons. The molecule has 2 heterocycles. The van der Waals surface area contributed by atoms with Crippen molar-refractivity contribution in [2.24, 2.45) is 0 Å². The highest BCUT2D eigenvalue weighted by molar-refractivity contribution is 8.00. The topological polar surface area (TPSA) is 69.4 Å². The summed E-state index contributed by atoms with van der Waals surface area (Å²) < 4.78 is 6.72. The first kappa shape index (κ1) is 15.5. The number of ketones is 1. The van der Waals surface area contributed by atoms with Crippen LogP contribution < -0.4 is 4.74 Å². The lowest BCUT2D eigenvalue weighted by molar-refractivity contribution is 0.0988. The molecule has 3 aromatic rings. The van der Waals surface area contributed by atoms with E-state index < -0.39 is 0 Å². The highest BCUT2D eigenvalue weighted by atomic mass is 32.2. The van der Waals surface area contributed by atoms with E-state index in [0.29, 0.717) is 22.9 Å². The van der Waals surface area contributed by atoms with Crippen LogP contribution in [-0.4, -0.2) is 37.7 Å². The van der Waals surface area contributed by atoms with Crippen molar-refractivity contribution < 1.29 is 9.53 Å². The molecule has 0 amide bonds. The van der Waals surface area contributed by atoms with Crippen LogP contribution in [0.1, 0.15) is 23.7 Å². The first-order valence-electron chi connectivity index (χ1n) is 7.23. The molecule has 0 fully saturated rings. The summed E-state index contributed by atoms with van der Waals surface area (Å²) in [5, 5.41) is 4.66. The molecule has 23 heavy (non-hydrogen) atoms. The fourth-order valence-corrected chi connectivity index (χ4v) is 3.09. The number of benzene rings is 1. The number of ether oxygens (including phenoxy) is 1. The van der Waals surface area contributed by atoms with Crippen molar-refractivity contribution in [3.8, 4) is 5.75 Å². The summed E-state index contributed by atoms with van der Waals surface area (Å²) in [5.41, 5.74) is 0.659. The number of hydrogen-bond acceptors (Lipinski definition) is 6. The molecule has 3 rings (SSSR count). The highest BCUT2D eigenvalue weighted by Gasteiger charge is 2.22. The third-order valence-corrected chi connectivity index (χ3v) is 4.60. The molecule has 0 aliphatic carbocycles. The molecule has 0 bridgehead atoms. The molecule has 0 aliphatic rings. The summed E-state index contributed by atoms with van der Waals surface area (Å²) in [4.78, 5) is 21.1. The van der Waals surface area contributed by atoms with E-state index in [1.165, 1.54) is 11.8 Å². The largest absolute Gasteiger partial charge is 0.497 e. The zero-order chi connectivity index (χ0) is 16.2. The van der Waals surface area contributed by atoms with Gasteiger partial charge < -0.3 is 4.74 Å². The predicted octanol–water partition coefficient (Wildman–Crippen LogP) is 2.89. The Labute approximate surface area is 137 Å². The molecule has 0 spiro atoms. The number of rotatable bonds is 6. The van der Waals surface area contributed by atoms with E-state index in [-0.39, 0.29) is 11.0 Å². The van der Waals surface area contributed by atoms with Gasteiger partial charge in [0.1, 0.15) is 5.75 Å². The second-order valence-electron chi connectivity index (χ2n) is 4.87. The summed E-state index contributed by atoms with van der Waals surface area (Å²) in [6.45, 7) is 1.98. The number of aromatic nitrogens is 4. The van der Waals surface area contributed by atoms with Crippen LogP contribution in [0, 0.1) is 0 Å². The molecule has 1 aromatic carbocycles. The number of thioether (sulfide) groups is 1. The first-order chi connectivity index (χ1) is 11.2. The lowest BCUT2D eigenvalue weighted by Crippen LogP contribution is -2.16. The molecule has 6 nitrogen and oxygen atoms in total. The van der Waals surface area contributed by atoms with Crippen molar-refractivity contribution in [2.75, 3.05) is 7.11 Å². The third-order valence-electron chi connectivity index (χ3n) is 3.38. The number of methoxy groups -OCH3 is 1. The van der Waals surface area contributed by atoms with Gasteiger partial charge in [0.05, 0.1) is 12.4 Å². The zero-order valence-corrected chi connectivity index (χ0v) is 13.7. The second kappa shape index (κ2) is 6.78. The standard InChI is InChI=1S/C16H16N4O2S/c1-3-13(14(21)11-5-7-12(22-2)8-6-11)23-16-18-15-17-9-4-10-20(15)19-16/h4-10,13H,3H2,1-2H3/t13-/m0/s1. The van der Waals surface area contributed by atoms with Crippen LogP contribution >= 0.6 is 11.8 Å². The Kier molecular flexibility index (Phi) is 4.57. The average Bonchev–Trinajstić information content (AvgIpc) is 3.01. The van der Waals surface area contributed by atoms with Crippen LogP contribution in [0.3, 0.4) is 0 Å². The third kappa shape index (κ3) is 3.34. The number of carbonyl (C=O) groups is 1. The van der Waals surface area contributed by atoms with Crippen LogP contribution in [-0.2, 0) is 0 Å². The SMILES string of the molecule is CC[C@H](Sc1nc2ncccn2n1)C(=O)c1ccc(OC)cc1. The van der Waals surface area contributed by atoms with Crippen molar-refractivity contribution in [1.82, 2.24) is 19.6 Å². The summed E-state index contributed by atoms with van der Waals surface area (Å²) in [6, 6.07) is 8.93. The Morgan fingerprint density at radius 3 is 2.78 bits per heavy atom. The van der Waals surface area contributed by atoms with Gasteiger partial charge >= 0.3 is 0 Å². The number of carbonyl (C=O) groups excluding carboxylic acids is 1. The minimum atomic E-state index is -0.235. The lowest BCUT2D eigenvalue weighted by atomic mass is 10.1. The molecular formula is C16H16N4O2S. The molecule has 118 valence electrons. The first-order valence-corrected chi connectivity index (χ1v) is 8.11. The molecule has 7 heteroatoms. The molecule has 0 saturated heterocycles. The molecule has 0 saturated carbocycles. The van der Waals surface area contributed by atoms with Crippen LogP contribution in [0.2, 0.25) is 0 Å². The Hall–Kier alpha value is -2.41. The highest BCUT2D eigenvalue weighted by Crippen LogP contribution is 2.26. The van der Waals surface area contributed by atoms with E-state index in [2.05, 4.69) is 15.1 Å². The van der Waals surface area contributed by atoms with E-state index in [4.69, 9.17) is 4.74 Å². The van der Waals surface area contributed by atoms with Crippen LogP contribution in [0.4, 0.5) is 0 Å². The molecule has 1 atom stereocenters. The van der Waals surface area contributed by atoms with E-state index in [1.54, 1.807) is 54.4 Å². The number of fused-ring (bicyclic) bond motifs is 1. The number of nitrogens with zero attached hydrogens (tertiary/aromatic N) is 4. The average molecular weight is 328 g/mol. The number of Topliss-reactive ketones (excluding diaryl/α,β-unsaturated/α-hetero) is 1. The van der Waals surface area contributed by atoms with Crippen LogP contribution in [0.15, 0.2) is 47.9 Å². The van der Waals surface area contributed by atoms with E-state index in [1.807, 2.05) is 6.92 Å². The van der Waals surface area contributed by atoms with Gasteiger partial charge in [-0.1, -0.05) is 18.7 Å². The van der Waals surface area contributed by atoms with Gasteiger partial charge in [0.25, 0.3) is 5.78 Å². The summed E-state index contributed by atoms with van der Waals surface area (Å²) in [6.07, 6.45) is 4.14. The van der Waals surface area contributed by atoms with Gasteiger partial charge in [-0.3, -0.25) is 4.79 Å². The lowest BCUT2D eigenvalue weighted by Gasteiger charge is -2.11. The van der Waals surface area contributed by atoms with Crippen molar-refractivity contribution in [3.63, 3.8) is 0 Å². The Bertz CT molecular complexity index is 783. The van der Waals surface area contributed by atoms with Crippen molar-refractivity contribution in [3.05, 3.63) is 48.3 Å². The van der Waals surface area contributed by atoms with Gasteiger partial charge in [0, 0.05) is 18.0 Å². The molecule has 0 unspecified atom stereocenters. The maximum atomic E-state index is 12.7. The molecule has 0 N–H and O–H groups in total. The van der Waals surface area contributed by atoms with Gasteiger partial charge in [-0.15, -0.1) is 5.10 Å². The normalized spacial score (nSPS) is 12.3. The van der Waals surface area contributed by atoms with Crippen LogP contribution in [0.25, 0.3) is 5.78 Å². The monoisotopic (exact) mass is 328 g/mol. The van der Waals surface area contributed by atoms with E-state index in [0.717, 1.165) is 5.75 Å². The van der Waals surface area contributed by atoms with Crippen LogP contribution in [0.5, 0.6) is 5.75 Å². The van der Waals surface area contributed by atoms with E-state index in [9.17, 15) is 4.79 Å². The quantitative estimate of drug-likeness (QED) is 0.512. The van der Waals surface area contributed by atoms with Gasteiger partial charge in [-0.25, -0.2) is 9.50 Å². The van der Waals surface area contributed by atoms with Crippen molar-refractivity contribution in [2.45, 2.75) is 23.8 Å². The molecule has 2 aromatic heterocycles. The second-order valence-corrected chi connectivity index (χ2v) is 6.04. The Balaban J connectivity index is 1.79. The maximum Gasteiger partial charge on any atom is 0.253 e. The smallest absolute Gasteiger partial charge is 0.253 e. The van der Waals surface area contributed by atoms with Gasteiger partial charge in [-0.05, 0) is 36.8 Å². The summed E-state index contributed by atoms with van der Waals surface area (Å²) >= 11 is 1.36. The Morgan fingerprint density at radius 2 is 2.13 bits per heavy atom. The summed E-state index contributed by atoms with van der Waals surface area (Å²) in [7, 11) is 1.60. The van der Waals surface area contributed by atoms with Gasteiger partial charge in [0.15, 0.2) is 5.78 Å². The zero-order valence-electron chi connectivity index (χ0n) is 12.8. The predicted molar refractivity (Wildman–Crippen MR) is 88.0 cm³/mol. The fourth-order valence-electron chi connectivity index (χ4n) is 2.15. The minimum Gasteiger partial charge on any atom is -0.497 e. The maximum absolute atomic E-state index is 12.7. The van der Waals surface area contributed by atoms with E-state index >= 15 is 0 Å². The fraction of sp³-hybridized carbons (Fsp3) is 0.250. The summed E-state index contributed by atoms with van der Waals surface area (Å²) in [5.74, 6) is 1.32. The van der Waals surface area contributed by atoms with Crippen molar-refractivity contribution in [1.29, 1.82) is 0 Å². The van der Waals surface area contributed by atoms with Crippen molar-refractivity contribution >= 4 is 23.3 Å². The molecule has 0 aliphatic heterocycles. The Morgan fingerprint density at radius 1 is 1.35 bits per heavy atom. The minimum absolute atomic E-state index is 0.0620. The molecular weight excluding hydrogens is 312 g/mol.